The molecule has 0 saturated carbocycles. The highest BCUT2D eigenvalue weighted by Gasteiger charge is 2.18. The minimum atomic E-state index is -0.492. The topological polar surface area (TPSA) is 78.1 Å². The standard InChI is InChI=1S/C8H6ClN3O2S/c1-14-8(13)6-4(10)5-7(15-6)11-2-3(9)12-5/h2H,10H2,1H3. The number of aromatic nitrogens is 2. The Hall–Kier alpha value is -1.40. The Bertz CT molecular complexity index is 540. The molecule has 2 aromatic heterocycles. The summed E-state index contributed by atoms with van der Waals surface area (Å²) in [5.41, 5.74) is 6.43. The number of thiophene rings is 1. The molecule has 0 bridgehead atoms. The zero-order chi connectivity index (χ0) is 11.0. The predicted octanol–water partition coefficient (Wildman–Crippen LogP) is 1.71. The predicted molar refractivity (Wildman–Crippen MR) is 58.2 cm³/mol. The number of nitrogen functional groups attached to an aromatic ring is 1. The molecule has 0 radical (unpaired) electrons. The number of ether oxygens (including phenoxy) is 1. The van der Waals surface area contributed by atoms with E-state index >= 15 is 0 Å². The first kappa shape index (κ1) is 10.1. The van der Waals surface area contributed by atoms with Crippen molar-refractivity contribution in [1.29, 1.82) is 0 Å². The molecule has 2 rings (SSSR count). The lowest BCUT2D eigenvalue weighted by Crippen LogP contribution is -2.01. The first-order valence-electron chi connectivity index (χ1n) is 3.92. The van der Waals surface area contributed by atoms with E-state index in [1.165, 1.54) is 13.3 Å². The first-order chi connectivity index (χ1) is 7.13. The lowest BCUT2D eigenvalue weighted by atomic mass is 10.3. The molecule has 0 aliphatic carbocycles. The summed E-state index contributed by atoms with van der Waals surface area (Å²) in [5, 5.41) is 0.239. The molecule has 0 atom stereocenters. The van der Waals surface area contributed by atoms with Gasteiger partial charge in [0.1, 0.15) is 20.4 Å². The Morgan fingerprint density at radius 3 is 3.07 bits per heavy atom. The lowest BCUT2D eigenvalue weighted by molar-refractivity contribution is 0.0607. The van der Waals surface area contributed by atoms with Gasteiger partial charge < -0.3 is 10.5 Å². The van der Waals surface area contributed by atoms with Crippen molar-refractivity contribution in [2.24, 2.45) is 0 Å². The van der Waals surface area contributed by atoms with Gasteiger partial charge in [-0.1, -0.05) is 11.6 Å². The minimum absolute atomic E-state index is 0.239. The molecule has 0 aliphatic heterocycles. The Kier molecular flexibility index (Phi) is 2.45. The maximum absolute atomic E-state index is 11.3. The van der Waals surface area contributed by atoms with Gasteiger partial charge in [-0.05, 0) is 0 Å². The number of carbonyl (C=O) groups is 1. The van der Waals surface area contributed by atoms with Crippen LogP contribution >= 0.6 is 22.9 Å². The van der Waals surface area contributed by atoms with Crippen molar-refractivity contribution in [3.63, 3.8) is 0 Å². The van der Waals surface area contributed by atoms with Crippen molar-refractivity contribution in [2.45, 2.75) is 0 Å². The van der Waals surface area contributed by atoms with Crippen molar-refractivity contribution in [2.75, 3.05) is 12.8 Å². The first-order valence-corrected chi connectivity index (χ1v) is 5.11. The molecule has 0 fully saturated rings. The third kappa shape index (κ3) is 1.62. The van der Waals surface area contributed by atoms with Crippen molar-refractivity contribution in [3.8, 4) is 0 Å². The zero-order valence-electron chi connectivity index (χ0n) is 7.65. The zero-order valence-corrected chi connectivity index (χ0v) is 9.22. The van der Waals surface area contributed by atoms with Gasteiger partial charge >= 0.3 is 5.97 Å². The molecule has 78 valence electrons. The molecule has 2 heterocycles. The average Bonchev–Trinajstić information content (AvgIpc) is 2.55. The number of nitrogens with two attached hydrogens (primary N) is 1. The van der Waals surface area contributed by atoms with Gasteiger partial charge in [-0.15, -0.1) is 11.3 Å². The quantitative estimate of drug-likeness (QED) is 0.772. The van der Waals surface area contributed by atoms with Crippen molar-refractivity contribution in [1.82, 2.24) is 9.97 Å². The third-order valence-electron chi connectivity index (χ3n) is 1.78. The van der Waals surface area contributed by atoms with Gasteiger partial charge in [0, 0.05) is 0 Å². The minimum Gasteiger partial charge on any atom is -0.465 e. The number of methoxy groups -OCH3 is 1. The lowest BCUT2D eigenvalue weighted by Gasteiger charge is -1.95. The summed E-state index contributed by atoms with van der Waals surface area (Å²) < 4.78 is 4.58. The smallest absolute Gasteiger partial charge is 0.350 e. The molecular formula is C8H6ClN3O2S. The number of fused-ring (bicyclic) bond motifs is 1. The van der Waals surface area contributed by atoms with Crippen LogP contribution in [-0.4, -0.2) is 23.0 Å². The highest BCUT2D eigenvalue weighted by atomic mass is 35.5. The van der Waals surface area contributed by atoms with E-state index in [1.807, 2.05) is 0 Å². The Labute approximate surface area is 93.8 Å². The van der Waals surface area contributed by atoms with Crippen LogP contribution in [0.4, 0.5) is 5.69 Å². The van der Waals surface area contributed by atoms with Gasteiger partial charge in [-0.2, -0.15) is 0 Å². The molecule has 0 unspecified atom stereocenters. The largest absolute Gasteiger partial charge is 0.465 e. The van der Waals surface area contributed by atoms with E-state index in [0.717, 1.165) is 11.3 Å². The molecule has 0 aromatic carbocycles. The van der Waals surface area contributed by atoms with Crippen LogP contribution in [0.2, 0.25) is 5.15 Å². The van der Waals surface area contributed by atoms with Gasteiger partial charge in [0.05, 0.1) is 19.0 Å². The fourth-order valence-electron chi connectivity index (χ4n) is 1.11. The summed E-state index contributed by atoms with van der Waals surface area (Å²) in [6.07, 6.45) is 1.40. The fraction of sp³-hybridized carbons (Fsp3) is 0.125. The molecule has 15 heavy (non-hydrogen) atoms. The number of halogens is 1. The van der Waals surface area contributed by atoms with Crippen LogP contribution in [0.1, 0.15) is 9.67 Å². The third-order valence-corrected chi connectivity index (χ3v) is 3.04. The van der Waals surface area contributed by atoms with Crippen LogP contribution in [0, 0.1) is 0 Å². The number of carbonyl (C=O) groups excluding carboxylic acids is 1. The molecule has 2 aromatic rings. The van der Waals surface area contributed by atoms with Crippen molar-refractivity contribution in [3.05, 3.63) is 16.2 Å². The molecule has 0 aliphatic rings. The molecule has 0 amide bonds. The molecule has 7 heteroatoms. The number of anilines is 1. The molecule has 5 nitrogen and oxygen atoms in total. The summed E-state index contributed by atoms with van der Waals surface area (Å²) in [6, 6.07) is 0. The van der Waals surface area contributed by atoms with E-state index in [-0.39, 0.29) is 10.8 Å². The second-order valence-corrected chi connectivity index (χ2v) is 4.07. The van der Waals surface area contributed by atoms with Crippen LogP contribution in [0.3, 0.4) is 0 Å². The summed E-state index contributed by atoms with van der Waals surface area (Å²) in [7, 11) is 1.29. The van der Waals surface area contributed by atoms with Crippen molar-refractivity contribution >= 4 is 44.9 Å². The van der Waals surface area contributed by atoms with Crippen molar-refractivity contribution < 1.29 is 9.53 Å². The Morgan fingerprint density at radius 1 is 1.67 bits per heavy atom. The fourth-order valence-corrected chi connectivity index (χ4v) is 2.17. The maximum Gasteiger partial charge on any atom is 0.350 e. The Morgan fingerprint density at radius 2 is 2.40 bits per heavy atom. The molecule has 0 spiro atoms. The maximum atomic E-state index is 11.3. The second kappa shape index (κ2) is 3.63. The van der Waals surface area contributed by atoms with Crippen LogP contribution in [-0.2, 0) is 4.74 Å². The molecular weight excluding hydrogens is 238 g/mol. The normalized spacial score (nSPS) is 10.5. The van der Waals surface area contributed by atoms with Gasteiger partial charge in [0.2, 0.25) is 0 Å². The summed E-state index contributed by atoms with van der Waals surface area (Å²) in [4.78, 5) is 20.2. The van der Waals surface area contributed by atoms with Gasteiger partial charge in [0.15, 0.2) is 0 Å². The molecule has 0 saturated heterocycles. The van der Waals surface area contributed by atoms with Crippen LogP contribution in [0.25, 0.3) is 10.3 Å². The summed E-state index contributed by atoms with van der Waals surface area (Å²) in [5.74, 6) is -0.492. The summed E-state index contributed by atoms with van der Waals surface area (Å²) in [6.45, 7) is 0. The van der Waals surface area contributed by atoms with E-state index in [2.05, 4.69) is 14.7 Å². The Balaban J connectivity index is 2.69. The van der Waals surface area contributed by atoms with Gasteiger partial charge in [-0.3, -0.25) is 0 Å². The van der Waals surface area contributed by atoms with E-state index in [4.69, 9.17) is 17.3 Å². The van der Waals surface area contributed by atoms with Gasteiger partial charge in [-0.25, -0.2) is 14.8 Å². The average molecular weight is 244 g/mol. The molecule has 2 N–H and O–H groups in total. The highest BCUT2D eigenvalue weighted by molar-refractivity contribution is 7.21. The van der Waals surface area contributed by atoms with Crippen LogP contribution < -0.4 is 5.73 Å². The van der Waals surface area contributed by atoms with E-state index in [9.17, 15) is 4.79 Å². The van der Waals surface area contributed by atoms with E-state index in [1.54, 1.807) is 0 Å². The number of rotatable bonds is 1. The second-order valence-electron chi connectivity index (χ2n) is 2.68. The highest BCUT2D eigenvalue weighted by Crippen LogP contribution is 2.31. The van der Waals surface area contributed by atoms with Crippen LogP contribution in [0.5, 0.6) is 0 Å². The monoisotopic (exact) mass is 243 g/mol. The number of nitrogens with zero attached hydrogens (tertiary/aromatic N) is 2. The van der Waals surface area contributed by atoms with Gasteiger partial charge in [0.25, 0.3) is 0 Å². The summed E-state index contributed by atoms with van der Waals surface area (Å²) >= 11 is 6.81. The number of esters is 1. The van der Waals surface area contributed by atoms with E-state index in [0.29, 0.717) is 15.2 Å². The van der Waals surface area contributed by atoms with Crippen LogP contribution in [0.15, 0.2) is 6.20 Å². The van der Waals surface area contributed by atoms with E-state index < -0.39 is 5.97 Å². The number of hydrogen-bond donors (Lipinski definition) is 1. The number of hydrogen-bond acceptors (Lipinski definition) is 6. The SMILES string of the molecule is COC(=O)c1sc2ncc(Cl)nc2c1N.